The molecule has 102 valence electrons. The molecule has 2 saturated heterocycles. The third-order valence-electron chi connectivity index (χ3n) is 4.94. The van der Waals surface area contributed by atoms with E-state index >= 15 is 0 Å². The van der Waals surface area contributed by atoms with Crippen molar-refractivity contribution < 1.29 is 14.1 Å². The first-order chi connectivity index (χ1) is 8.56. The van der Waals surface area contributed by atoms with E-state index in [2.05, 4.69) is 31.0 Å². The number of carbonyl (C=O) groups excluding carboxylic acids is 2. The average molecular weight is 254 g/mol. The summed E-state index contributed by atoms with van der Waals surface area (Å²) in [5.41, 5.74) is -0.645. The molecule has 1 unspecified atom stereocenters. The first-order valence-corrected chi connectivity index (χ1v) is 7.02. The highest BCUT2D eigenvalue weighted by Gasteiger charge is 2.65. The zero-order valence-electron chi connectivity index (χ0n) is 11.7. The van der Waals surface area contributed by atoms with Crippen molar-refractivity contribution in [2.24, 2.45) is 0 Å². The van der Waals surface area contributed by atoms with Crippen molar-refractivity contribution in [3.05, 3.63) is 0 Å². The second kappa shape index (κ2) is 4.63. The molecule has 18 heavy (non-hydrogen) atoms. The fourth-order valence-corrected chi connectivity index (χ4v) is 3.93. The van der Waals surface area contributed by atoms with Crippen LogP contribution in [0.5, 0.6) is 0 Å². The van der Waals surface area contributed by atoms with Gasteiger partial charge in [-0.3, -0.25) is 19.4 Å². The van der Waals surface area contributed by atoms with Crippen LogP contribution in [0.15, 0.2) is 0 Å². The van der Waals surface area contributed by atoms with Gasteiger partial charge in [-0.25, -0.2) is 4.90 Å². The quantitative estimate of drug-likeness (QED) is 0.582. The smallest absolute Gasteiger partial charge is 0.298 e. The number of hydrogen-bond acceptors (Lipinski definition) is 3. The number of imide groups is 1. The van der Waals surface area contributed by atoms with Gasteiger partial charge in [-0.2, -0.15) is 0 Å². The number of hydrogen-bond donors (Lipinski definition) is 1. The maximum Gasteiger partial charge on any atom is 0.305 e. The van der Waals surface area contributed by atoms with E-state index in [-0.39, 0.29) is 11.8 Å². The molecule has 2 amide bonds. The van der Waals surface area contributed by atoms with Gasteiger partial charge in [0.15, 0.2) is 0 Å². The highest BCUT2D eigenvalue weighted by molar-refractivity contribution is 6.07. The van der Waals surface area contributed by atoms with Gasteiger partial charge in [-0.15, -0.1) is 0 Å². The Bertz CT molecular complexity index is 365. The van der Waals surface area contributed by atoms with E-state index in [1.165, 1.54) is 0 Å². The summed E-state index contributed by atoms with van der Waals surface area (Å²) in [6, 6.07) is 0. The molecule has 5 nitrogen and oxygen atoms in total. The second-order valence-electron chi connectivity index (χ2n) is 5.31. The van der Waals surface area contributed by atoms with Gasteiger partial charge in [-0.1, -0.05) is 6.92 Å². The highest BCUT2D eigenvalue weighted by Crippen LogP contribution is 2.39. The lowest BCUT2D eigenvalue weighted by Gasteiger charge is -2.56. The molecular weight excluding hydrogens is 230 g/mol. The first-order valence-electron chi connectivity index (χ1n) is 7.02. The van der Waals surface area contributed by atoms with E-state index in [9.17, 15) is 9.59 Å². The topological polar surface area (TPSA) is 49.4 Å². The summed E-state index contributed by atoms with van der Waals surface area (Å²) in [4.78, 5) is 26.4. The van der Waals surface area contributed by atoms with E-state index < -0.39 is 5.66 Å². The molecule has 5 heteroatoms. The van der Waals surface area contributed by atoms with Crippen LogP contribution in [0.4, 0.5) is 0 Å². The van der Waals surface area contributed by atoms with Gasteiger partial charge in [0.25, 0.3) is 0 Å². The normalized spacial score (nSPS) is 31.9. The monoisotopic (exact) mass is 254 g/mol. The minimum Gasteiger partial charge on any atom is -0.298 e. The summed E-state index contributed by atoms with van der Waals surface area (Å²) in [7, 11) is 0. The number of rotatable bonds is 3. The summed E-state index contributed by atoms with van der Waals surface area (Å²) in [6.07, 6.45) is 1.42. The number of nitrogens with one attached hydrogen (secondary N) is 1. The van der Waals surface area contributed by atoms with Crippen LogP contribution in [0.3, 0.4) is 0 Å². The Morgan fingerprint density at radius 2 is 1.94 bits per heavy atom. The molecule has 2 aliphatic rings. The fraction of sp³-hybridized carbons (Fsp3) is 0.846. The van der Waals surface area contributed by atoms with Crippen molar-refractivity contribution in [1.82, 2.24) is 10.2 Å². The van der Waals surface area contributed by atoms with Crippen LogP contribution in [0.25, 0.3) is 0 Å². The zero-order chi connectivity index (χ0) is 13.4. The molecule has 0 radical (unpaired) electrons. The molecule has 2 heterocycles. The fourth-order valence-electron chi connectivity index (χ4n) is 3.93. The summed E-state index contributed by atoms with van der Waals surface area (Å²) in [5, 5.41) is 2.53. The molecule has 0 aromatic heterocycles. The molecule has 0 aliphatic carbocycles. The van der Waals surface area contributed by atoms with Crippen LogP contribution < -0.4 is 5.32 Å². The lowest BCUT2D eigenvalue weighted by atomic mass is 9.94. The molecule has 0 saturated carbocycles. The van der Waals surface area contributed by atoms with Crippen LogP contribution >= 0.6 is 0 Å². The number of nitrogens with zero attached hydrogens (tertiary/aromatic N) is 2. The van der Waals surface area contributed by atoms with Gasteiger partial charge < -0.3 is 0 Å². The van der Waals surface area contributed by atoms with Crippen molar-refractivity contribution in [2.75, 3.05) is 32.7 Å². The molecule has 2 fully saturated rings. The molecule has 2 aliphatic heterocycles. The summed E-state index contributed by atoms with van der Waals surface area (Å²) in [5.74, 6) is -0.206. The maximum atomic E-state index is 12.5. The molecule has 1 N–H and O–H groups in total. The number of carbonyl (C=O) groups is 2. The van der Waals surface area contributed by atoms with E-state index in [4.69, 9.17) is 0 Å². The Balaban J connectivity index is 2.52. The van der Waals surface area contributed by atoms with Crippen molar-refractivity contribution in [2.45, 2.75) is 39.3 Å². The predicted octanol–water partition coefficient (Wildman–Crippen LogP) is 0.311. The lowest BCUT2D eigenvalue weighted by Crippen LogP contribution is -2.77. The van der Waals surface area contributed by atoms with Crippen LogP contribution in [0.1, 0.15) is 33.6 Å². The van der Waals surface area contributed by atoms with Crippen molar-refractivity contribution >= 4 is 11.8 Å². The van der Waals surface area contributed by atoms with E-state index in [0.29, 0.717) is 6.42 Å². The summed E-state index contributed by atoms with van der Waals surface area (Å²) < 4.78 is 0.721. The minimum absolute atomic E-state index is 0.0854. The maximum absolute atomic E-state index is 12.5. The van der Waals surface area contributed by atoms with Gasteiger partial charge in [0.1, 0.15) is 6.42 Å². The third-order valence-corrected chi connectivity index (χ3v) is 4.94. The first kappa shape index (κ1) is 13.5. The van der Waals surface area contributed by atoms with Crippen molar-refractivity contribution in [3.63, 3.8) is 0 Å². The Morgan fingerprint density at radius 3 is 2.39 bits per heavy atom. The number of quaternary nitrogens is 1. The summed E-state index contributed by atoms with van der Waals surface area (Å²) in [6.45, 7) is 10.8. The summed E-state index contributed by atoms with van der Waals surface area (Å²) >= 11 is 0. The van der Waals surface area contributed by atoms with Crippen LogP contribution in [-0.2, 0) is 9.59 Å². The zero-order valence-corrected chi connectivity index (χ0v) is 11.7. The molecule has 0 aromatic rings. The van der Waals surface area contributed by atoms with Crippen molar-refractivity contribution in [1.29, 1.82) is 0 Å². The number of likely N-dealkylation sites (N-methyl/N-ethyl adjacent to an activating group) is 2. The largest absolute Gasteiger partial charge is 0.305 e. The molecular formula is C13H24N3O2+. The van der Waals surface area contributed by atoms with Gasteiger partial charge in [-0.05, 0) is 13.8 Å². The average Bonchev–Trinajstić information content (AvgIpc) is 2.66. The Hall–Kier alpha value is -0.940. The van der Waals surface area contributed by atoms with Crippen molar-refractivity contribution in [3.8, 4) is 0 Å². The van der Waals surface area contributed by atoms with Crippen LogP contribution in [0.2, 0.25) is 0 Å². The van der Waals surface area contributed by atoms with Crippen LogP contribution in [-0.4, -0.2) is 59.6 Å². The molecule has 2 rings (SSSR count). The van der Waals surface area contributed by atoms with E-state index in [1.807, 2.05) is 0 Å². The predicted molar refractivity (Wildman–Crippen MR) is 68.6 cm³/mol. The number of amides is 2. The lowest BCUT2D eigenvalue weighted by molar-refractivity contribution is -0.980. The van der Waals surface area contributed by atoms with Crippen LogP contribution in [0, 0.1) is 0 Å². The van der Waals surface area contributed by atoms with Gasteiger partial charge in [0.05, 0.1) is 19.6 Å². The third kappa shape index (κ3) is 1.53. The molecule has 1 spiro atoms. The Kier molecular flexibility index (Phi) is 3.47. The molecule has 1 atom stereocenters. The molecule has 0 aromatic carbocycles. The second-order valence-corrected chi connectivity index (χ2v) is 5.31. The SMILES string of the molecule is CCN1CCC[N+](CC)(CC)C12CC(=O)NC2=O. The van der Waals surface area contributed by atoms with Gasteiger partial charge in [0.2, 0.25) is 11.6 Å². The van der Waals surface area contributed by atoms with E-state index in [1.54, 1.807) is 0 Å². The standard InChI is InChI=1S/C13H23N3O2/c1-4-15-8-7-9-16(5-2,6-3)13(15)10-11(17)14-12(13)18/h4-10H2,1-3H3/p+1. The van der Waals surface area contributed by atoms with Gasteiger partial charge in [0, 0.05) is 19.5 Å². The minimum atomic E-state index is -0.645. The Labute approximate surface area is 109 Å². The van der Waals surface area contributed by atoms with E-state index in [0.717, 1.165) is 43.6 Å². The van der Waals surface area contributed by atoms with Gasteiger partial charge >= 0.3 is 5.91 Å². The highest BCUT2D eigenvalue weighted by atomic mass is 16.2. The molecule has 0 bridgehead atoms. The Morgan fingerprint density at radius 1 is 1.28 bits per heavy atom.